The minimum Gasteiger partial charge on any atom is -0.497 e. The summed E-state index contributed by atoms with van der Waals surface area (Å²) in [5.74, 6) is 1.02. The van der Waals surface area contributed by atoms with Crippen molar-refractivity contribution in [1.82, 2.24) is 10.4 Å². The molecule has 2 aromatic rings. The van der Waals surface area contributed by atoms with Gasteiger partial charge in [0.1, 0.15) is 5.75 Å². The highest BCUT2D eigenvalue weighted by atomic mass is 16.5. The van der Waals surface area contributed by atoms with Crippen LogP contribution in [-0.2, 0) is 0 Å². The molecule has 0 amide bonds. The minimum absolute atomic E-state index is 0.216. The number of hydrogen-bond donors (Lipinski definition) is 3. The molecule has 0 saturated carbocycles. The molecule has 0 unspecified atom stereocenters. The molecule has 22 heavy (non-hydrogen) atoms. The standard InChI is InChI=1S/C16H23N5O/c1-3-4-5-8-20-21-16(17)19-11-12-10-18-15-7-6-13(22-2)9-14(12)15/h6-7,9-11,18,20H,3-5,8H2,1-2H3,(H2,17,21). The summed E-state index contributed by atoms with van der Waals surface area (Å²) in [5.41, 5.74) is 10.7. The summed E-state index contributed by atoms with van der Waals surface area (Å²) in [6.07, 6.45) is 7.03. The maximum absolute atomic E-state index is 5.76. The van der Waals surface area contributed by atoms with Crippen LogP contribution in [0.5, 0.6) is 5.75 Å². The third kappa shape index (κ3) is 4.25. The van der Waals surface area contributed by atoms with Crippen molar-refractivity contribution in [3.05, 3.63) is 30.0 Å². The molecule has 1 aromatic carbocycles. The summed E-state index contributed by atoms with van der Waals surface area (Å²) in [7, 11) is 1.65. The zero-order chi connectivity index (χ0) is 15.8. The van der Waals surface area contributed by atoms with Crippen molar-refractivity contribution < 1.29 is 4.74 Å². The zero-order valence-electron chi connectivity index (χ0n) is 13.1. The third-order valence-electron chi connectivity index (χ3n) is 3.34. The summed E-state index contributed by atoms with van der Waals surface area (Å²) in [6, 6.07) is 5.84. The Morgan fingerprint density at radius 3 is 3.05 bits per heavy atom. The molecule has 0 bridgehead atoms. The van der Waals surface area contributed by atoms with E-state index >= 15 is 0 Å². The van der Waals surface area contributed by atoms with Crippen LogP contribution in [0.3, 0.4) is 0 Å². The number of hydrazone groups is 1. The van der Waals surface area contributed by atoms with Crippen molar-refractivity contribution in [2.24, 2.45) is 15.8 Å². The number of aromatic nitrogens is 1. The maximum atomic E-state index is 5.76. The van der Waals surface area contributed by atoms with Gasteiger partial charge in [0.05, 0.1) is 7.11 Å². The fraction of sp³-hybridized carbons (Fsp3) is 0.375. The maximum Gasteiger partial charge on any atom is 0.237 e. The van der Waals surface area contributed by atoms with E-state index in [0.29, 0.717) is 0 Å². The molecule has 0 spiro atoms. The van der Waals surface area contributed by atoms with Gasteiger partial charge in [0, 0.05) is 35.4 Å². The number of rotatable bonds is 7. The van der Waals surface area contributed by atoms with E-state index in [2.05, 4.69) is 27.4 Å². The van der Waals surface area contributed by atoms with E-state index in [0.717, 1.165) is 35.2 Å². The lowest BCUT2D eigenvalue weighted by Gasteiger charge is -2.00. The number of guanidine groups is 1. The highest BCUT2D eigenvalue weighted by Crippen LogP contribution is 2.22. The molecular weight excluding hydrogens is 278 g/mol. The molecule has 0 radical (unpaired) electrons. The Hall–Kier alpha value is -2.50. The number of unbranched alkanes of at least 4 members (excludes halogenated alkanes) is 2. The number of hydrogen-bond acceptors (Lipinski definition) is 3. The smallest absolute Gasteiger partial charge is 0.237 e. The number of ether oxygens (including phenoxy) is 1. The summed E-state index contributed by atoms with van der Waals surface area (Å²) in [5, 5.41) is 5.05. The molecule has 6 heteroatoms. The lowest BCUT2D eigenvalue weighted by atomic mass is 10.2. The van der Waals surface area contributed by atoms with Gasteiger partial charge in [0.25, 0.3) is 0 Å². The molecular formula is C16H23N5O. The summed E-state index contributed by atoms with van der Waals surface area (Å²) in [6.45, 7) is 2.98. The van der Waals surface area contributed by atoms with Crippen LogP contribution in [0.1, 0.15) is 31.7 Å². The van der Waals surface area contributed by atoms with Crippen LogP contribution in [0, 0.1) is 0 Å². The molecule has 4 N–H and O–H groups in total. The van der Waals surface area contributed by atoms with Gasteiger partial charge in [-0.25, -0.2) is 4.99 Å². The van der Waals surface area contributed by atoms with Gasteiger partial charge in [-0.3, -0.25) is 0 Å². The second kappa shape index (κ2) is 8.07. The van der Waals surface area contributed by atoms with Crippen LogP contribution < -0.4 is 15.9 Å². The number of aromatic amines is 1. The van der Waals surface area contributed by atoms with Gasteiger partial charge < -0.3 is 20.9 Å². The van der Waals surface area contributed by atoms with Crippen molar-refractivity contribution in [3.63, 3.8) is 0 Å². The molecule has 0 aliphatic heterocycles. The lowest BCUT2D eigenvalue weighted by molar-refractivity contribution is 0.415. The monoisotopic (exact) mass is 301 g/mol. The van der Waals surface area contributed by atoms with Gasteiger partial charge in [0.15, 0.2) is 0 Å². The Morgan fingerprint density at radius 1 is 1.41 bits per heavy atom. The highest BCUT2D eigenvalue weighted by Gasteiger charge is 2.03. The Balaban J connectivity index is 2.01. The molecule has 0 saturated heterocycles. The van der Waals surface area contributed by atoms with E-state index < -0.39 is 0 Å². The number of H-pyrrole nitrogens is 1. The highest BCUT2D eigenvalue weighted by molar-refractivity contribution is 6.03. The average molecular weight is 301 g/mol. The number of benzene rings is 1. The van der Waals surface area contributed by atoms with Gasteiger partial charge in [-0.05, 0) is 24.6 Å². The van der Waals surface area contributed by atoms with Gasteiger partial charge >= 0.3 is 0 Å². The van der Waals surface area contributed by atoms with Crippen LogP contribution in [0.25, 0.3) is 10.9 Å². The predicted octanol–water partition coefficient (Wildman–Crippen LogP) is 2.60. The van der Waals surface area contributed by atoms with Crippen molar-refractivity contribution in [1.29, 1.82) is 0 Å². The predicted molar refractivity (Wildman–Crippen MR) is 91.6 cm³/mol. The van der Waals surface area contributed by atoms with E-state index in [1.807, 2.05) is 24.4 Å². The second-order valence-electron chi connectivity index (χ2n) is 5.00. The minimum atomic E-state index is 0.216. The number of nitrogens with two attached hydrogens (primary N) is 1. The van der Waals surface area contributed by atoms with Crippen molar-refractivity contribution in [3.8, 4) is 5.75 Å². The Bertz CT molecular complexity index is 660. The van der Waals surface area contributed by atoms with E-state index in [1.165, 1.54) is 12.8 Å². The second-order valence-corrected chi connectivity index (χ2v) is 5.00. The molecule has 0 fully saturated rings. The first-order valence-electron chi connectivity index (χ1n) is 7.49. The molecule has 0 aliphatic rings. The Kier molecular flexibility index (Phi) is 5.82. The lowest BCUT2D eigenvalue weighted by Crippen LogP contribution is -2.16. The zero-order valence-corrected chi connectivity index (χ0v) is 13.1. The summed E-state index contributed by atoms with van der Waals surface area (Å²) in [4.78, 5) is 7.36. The third-order valence-corrected chi connectivity index (χ3v) is 3.34. The molecule has 6 nitrogen and oxygen atoms in total. The van der Waals surface area contributed by atoms with Crippen molar-refractivity contribution >= 4 is 23.1 Å². The van der Waals surface area contributed by atoms with E-state index in [9.17, 15) is 0 Å². The number of methoxy groups -OCH3 is 1. The first-order valence-corrected chi connectivity index (χ1v) is 7.49. The molecule has 118 valence electrons. The van der Waals surface area contributed by atoms with Gasteiger partial charge in [-0.15, -0.1) is 5.10 Å². The van der Waals surface area contributed by atoms with Gasteiger partial charge in [0.2, 0.25) is 5.96 Å². The number of aliphatic imine (C=N–C) groups is 1. The first kappa shape index (κ1) is 15.9. The van der Waals surface area contributed by atoms with Crippen molar-refractivity contribution in [2.45, 2.75) is 26.2 Å². The summed E-state index contributed by atoms with van der Waals surface area (Å²) < 4.78 is 5.24. The molecule has 1 heterocycles. The number of nitrogens with zero attached hydrogens (tertiary/aromatic N) is 2. The van der Waals surface area contributed by atoms with Crippen LogP contribution in [0.4, 0.5) is 0 Å². The Labute approximate surface area is 130 Å². The van der Waals surface area contributed by atoms with Gasteiger partial charge in [-0.1, -0.05) is 19.8 Å². The number of nitrogens with one attached hydrogen (secondary N) is 2. The average Bonchev–Trinajstić information content (AvgIpc) is 2.94. The van der Waals surface area contributed by atoms with Crippen LogP contribution >= 0.6 is 0 Å². The quantitative estimate of drug-likeness (QED) is 0.318. The summed E-state index contributed by atoms with van der Waals surface area (Å²) >= 11 is 0. The molecule has 0 atom stereocenters. The first-order chi connectivity index (χ1) is 10.7. The molecule has 1 aromatic heterocycles. The molecule has 0 aliphatic carbocycles. The fourth-order valence-electron chi connectivity index (χ4n) is 2.11. The van der Waals surface area contributed by atoms with Crippen molar-refractivity contribution in [2.75, 3.05) is 13.7 Å². The number of fused-ring (bicyclic) bond motifs is 1. The topological polar surface area (TPSA) is 87.8 Å². The SMILES string of the molecule is CCCCCN/N=C(\N)N=Cc1c[nH]c2ccc(OC)cc12. The van der Waals surface area contributed by atoms with Crippen LogP contribution in [-0.4, -0.2) is 30.8 Å². The van der Waals surface area contributed by atoms with Gasteiger partial charge in [-0.2, -0.15) is 0 Å². The normalized spacial score (nSPS) is 12.2. The van der Waals surface area contributed by atoms with Crippen LogP contribution in [0.2, 0.25) is 0 Å². The van der Waals surface area contributed by atoms with Crippen LogP contribution in [0.15, 0.2) is 34.5 Å². The largest absolute Gasteiger partial charge is 0.497 e. The van der Waals surface area contributed by atoms with E-state index in [1.54, 1.807) is 13.3 Å². The Morgan fingerprint density at radius 2 is 2.27 bits per heavy atom. The van der Waals surface area contributed by atoms with E-state index in [-0.39, 0.29) is 5.96 Å². The molecule has 2 rings (SSSR count). The fourth-order valence-corrected chi connectivity index (χ4v) is 2.11. The van der Waals surface area contributed by atoms with E-state index in [4.69, 9.17) is 10.5 Å².